The minimum absolute atomic E-state index is 0.0712. The SMILES string of the molecule is Cc1ccc(S(=O)(=O)NC(=O)N2CCN(Cc3nnc(C)o3)CC2)cc1. The van der Waals surface area contributed by atoms with Crippen LogP contribution in [-0.2, 0) is 16.6 Å². The van der Waals surface area contributed by atoms with Gasteiger partial charge in [0, 0.05) is 33.1 Å². The van der Waals surface area contributed by atoms with E-state index < -0.39 is 16.1 Å². The first-order valence-corrected chi connectivity index (χ1v) is 9.71. The third-order valence-corrected chi connectivity index (χ3v) is 5.48. The Morgan fingerprint density at radius 1 is 1.12 bits per heavy atom. The number of hydrogen-bond donors (Lipinski definition) is 1. The van der Waals surface area contributed by atoms with Gasteiger partial charge in [0.05, 0.1) is 11.4 Å². The van der Waals surface area contributed by atoms with Crippen molar-refractivity contribution in [1.29, 1.82) is 0 Å². The summed E-state index contributed by atoms with van der Waals surface area (Å²) in [5, 5.41) is 7.74. The number of sulfonamides is 1. The van der Waals surface area contributed by atoms with Gasteiger partial charge >= 0.3 is 6.03 Å². The first kappa shape index (κ1) is 18.3. The second-order valence-corrected chi connectivity index (χ2v) is 7.88. The predicted octanol–water partition coefficient (Wildman–Crippen LogP) is 0.903. The second kappa shape index (κ2) is 7.42. The molecule has 26 heavy (non-hydrogen) atoms. The minimum atomic E-state index is -3.87. The van der Waals surface area contributed by atoms with Crippen LogP contribution in [0, 0.1) is 13.8 Å². The van der Waals surface area contributed by atoms with Gasteiger partial charge in [-0.15, -0.1) is 10.2 Å². The standard InChI is InChI=1S/C16H21N5O4S/c1-12-3-5-14(6-4-12)26(23,24)19-16(22)21-9-7-20(8-10-21)11-15-18-17-13(2)25-15/h3-6H,7-11H2,1-2H3,(H,19,22). The highest BCUT2D eigenvalue weighted by Crippen LogP contribution is 2.12. The van der Waals surface area contributed by atoms with Gasteiger partial charge in [0.15, 0.2) is 0 Å². The molecule has 10 heteroatoms. The highest BCUT2D eigenvalue weighted by molar-refractivity contribution is 7.90. The fourth-order valence-corrected chi connectivity index (χ4v) is 3.63. The van der Waals surface area contributed by atoms with Gasteiger partial charge < -0.3 is 9.32 Å². The van der Waals surface area contributed by atoms with E-state index in [0.717, 1.165) is 5.56 Å². The summed E-state index contributed by atoms with van der Waals surface area (Å²) in [5.41, 5.74) is 0.947. The average molecular weight is 379 g/mol. The number of amides is 2. The molecule has 0 unspecified atom stereocenters. The number of aromatic nitrogens is 2. The van der Waals surface area contributed by atoms with E-state index in [-0.39, 0.29) is 4.90 Å². The molecule has 1 saturated heterocycles. The zero-order valence-corrected chi connectivity index (χ0v) is 15.5. The predicted molar refractivity (Wildman–Crippen MR) is 92.8 cm³/mol. The third-order valence-electron chi connectivity index (χ3n) is 4.14. The van der Waals surface area contributed by atoms with Gasteiger partial charge in [0.2, 0.25) is 11.8 Å². The van der Waals surface area contributed by atoms with Crippen LogP contribution in [0.2, 0.25) is 0 Å². The first-order chi connectivity index (χ1) is 12.3. The van der Waals surface area contributed by atoms with Crippen molar-refractivity contribution >= 4 is 16.1 Å². The molecule has 0 bridgehead atoms. The van der Waals surface area contributed by atoms with Crippen LogP contribution in [-0.4, -0.2) is 60.6 Å². The van der Waals surface area contributed by atoms with Crippen molar-refractivity contribution in [2.75, 3.05) is 26.2 Å². The van der Waals surface area contributed by atoms with E-state index >= 15 is 0 Å². The van der Waals surface area contributed by atoms with Gasteiger partial charge in [0.25, 0.3) is 10.0 Å². The summed E-state index contributed by atoms with van der Waals surface area (Å²) >= 11 is 0. The first-order valence-electron chi connectivity index (χ1n) is 8.23. The summed E-state index contributed by atoms with van der Waals surface area (Å²) in [7, 11) is -3.87. The van der Waals surface area contributed by atoms with Gasteiger partial charge in [0.1, 0.15) is 0 Å². The molecule has 1 aromatic carbocycles. The molecule has 1 fully saturated rings. The van der Waals surface area contributed by atoms with Crippen molar-refractivity contribution in [1.82, 2.24) is 24.7 Å². The van der Waals surface area contributed by atoms with Crippen molar-refractivity contribution in [3.05, 3.63) is 41.6 Å². The normalized spacial score (nSPS) is 15.8. The van der Waals surface area contributed by atoms with E-state index in [1.54, 1.807) is 19.1 Å². The van der Waals surface area contributed by atoms with E-state index in [1.807, 2.05) is 6.92 Å². The van der Waals surface area contributed by atoms with Gasteiger partial charge in [-0.25, -0.2) is 17.9 Å². The number of carbonyl (C=O) groups excluding carboxylic acids is 1. The second-order valence-electron chi connectivity index (χ2n) is 6.20. The number of nitrogens with zero attached hydrogens (tertiary/aromatic N) is 4. The summed E-state index contributed by atoms with van der Waals surface area (Å²) in [6, 6.07) is 5.73. The molecule has 0 atom stereocenters. The van der Waals surface area contributed by atoms with E-state index in [9.17, 15) is 13.2 Å². The van der Waals surface area contributed by atoms with Crippen LogP contribution in [0.1, 0.15) is 17.3 Å². The summed E-state index contributed by atoms with van der Waals surface area (Å²) in [4.78, 5) is 15.9. The van der Waals surface area contributed by atoms with E-state index in [4.69, 9.17) is 4.42 Å². The number of urea groups is 1. The number of piperazine rings is 1. The van der Waals surface area contributed by atoms with E-state index in [2.05, 4.69) is 19.8 Å². The van der Waals surface area contributed by atoms with Gasteiger partial charge in [-0.05, 0) is 19.1 Å². The molecule has 9 nitrogen and oxygen atoms in total. The Morgan fingerprint density at radius 2 is 1.77 bits per heavy atom. The molecule has 1 N–H and O–H groups in total. The fraction of sp³-hybridized carbons (Fsp3) is 0.438. The van der Waals surface area contributed by atoms with Crippen LogP contribution < -0.4 is 4.72 Å². The number of aryl methyl sites for hydroxylation is 2. The summed E-state index contributed by atoms with van der Waals surface area (Å²) in [6.07, 6.45) is 0. The monoisotopic (exact) mass is 379 g/mol. The van der Waals surface area contributed by atoms with Crippen LogP contribution in [0.3, 0.4) is 0 Å². The molecule has 0 aliphatic carbocycles. The molecule has 0 radical (unpaired) electrons. The van der Waals surface area contributed by atoms with Gasteiger partial charge in [-0.3, -0.25) is 4.90 Å². The molecule has 2 heterocycles. The van der Waals surface area contributed by atoms with E-state index in [0.29, 0.717) is 44.5 Å². The molecule has 2 aromatic rings. The number of benzene rings is 1. The highest BCUT2D eigenvalue weighted by atomic mass is 32.2. The Labute approximate surface area is 152 Å². The maximum Gasteiger partial charge on any atom is 0.331 e. The highest BCUT2D eigenvalue weighted by Gasteiger charge is 2.26. The van der Waals surface area contributed by atoms with Crippen molar-refractivity contribution in [2.24, 2.45) is 0 Å². The largest absolute Gasteiger partial charge is 0.424 e. The Morgan fingerprint density at radius 3 is 2.35 bits per heavy atom. The average Bonchev–Trinajstić information content (AvgIpc) is 3.00. The fourth-order valence-electron chi connectivity index (χ4n) is 2.66. The molecule has 1 aliphatic heterocycles. The van der Waals surface area contributed by atoms with Gasteiger partial charge in [-0.2, -0.15) is 0 Å². The smallest absolute Gasteiger partial charge is 0.331 e. The Hall–Kier alpha value is -2.46. The minimum Gasteiger partial charge on any atom is -0.424 e. The molecular formula is C16H21N5O4S. The molecule has 1 aromatic heterocycles. The zero-order chi connectivity index (χ0) is 18.7. The van der Waals surface area contributed by atoms with Crippen LogP contribution in [0.4, 0.5) is 4.79 Å². The van der Waals surface area contributed by atoms with Crippen molar-refractivity contribution in [3.8, 4) is 0 Å². The maximum absolute atomic E-state index is 12.3. The summed E-state index contributed by atoms with van der Waals surface area (Å²) in [5.74, 6) is 1.04. The molecule has 0 saturated carbocycles. The van der Waals surface area contributed by atoms with E-state index in [1.165, 1.54) is 17.0 Å². The number of carbonyl (C=O) groups is 1. The molecule has 1 aliphatic rings. The van der Waals surface area contributed by atoms with Crippen LogP contribution in [0.25, 0.3) is 0 Å². The lowest BCUT2D eigenvalue weighted by Gasteiger charge is -2.33. The summed E-state index contributed by atoms with van der Waals surface area (Å²) < 4.78 is 32.1. The molecule has 140 valence electrons. The molecule has 0 spiro atoms. The zero-order valence-electron chi connectivity index (χ0n) is 14.7. The van der Waals surface area contributed by atoms with Crippen LogP contribution >= 0.6 is 0 Å². The Balaban J connectivity index is 1.54. The lowest BCUT2D eigenvalue weighted by Crippen LogP contribution is -2.52. The third kappa shape index (κ3) is 4.38. The van der Waals surface area contributed by atoms with Crippen molar-refractivity contribution in [3.63, 3.8) is 0 Å². The Kier molecular flexibility index (Phi) is 5.23. The molecule has 3 rings (SSSR count). The topological polar surface area (TPSA) is 109 Å². The summed E-state index contributed by atoms with van der Waals surface area (Å²) in [6.45, 7) is 6.14. The van der Waals surface area contributed by atoms with Crippen LogP contribution in [0.5, 0.6) is 0 Å². The molecular weight excluding hydrogens is 358 g/mol. The quantitative estimate of drug-likeness (QED) is 0.841. The lowest BCUT2D eigenvalue weighted by molar-refractivity contribution is 0.131. The number of nitrogens with one attached hydrogen (secondary N) is 1. The van der Waals surface area contributed by atoms with Crippen LogP contribution in [0.15, 0.2) is 33.6 Å². The number of hydrogen-bond acceptors (Lipinski definition) is 7. The number of rotatable bonds is 4. The van der Waals surface area contributed by atoms with Gasteiger partial charge in [-0.1, -0.05) is 17.7 Å². The van der Waals surface area contributed by atoms with Crippen molar-refractivity contribution in [2.45, 2.75) is 25.3 Å². The molecule has 2 amide bonds. The maximum atomic E-state index is 12.3. The lowest BCUT2D eigenvalue weighted by atomic mass is 10.2. The Bertz CT molecular complexity index is 870. The van der Waals surface area contributed by atoms with Crippen molar-refractivity contribution < 1.29 is 17.6 Å².